The van der Waals surface area contributed by atoms with E-state index in [-0.39, 0.29) is 19.1 Å². The average molecular weight is 945 g/mol. The van der Waals surface area contributed by atoms with Crippen molar-refractivity contribution >= 4 is 13.7 Å². The number of carbonyl (C=O) groups is 1. The normalized spacial score (nSPS) is 14.6. The molecule has 0 radical (unpaired) electrons. The smallest absolute Gasteiger partial charge is 0.268 e. The standard InChI is InChI=1S/C57H105N2O6P/c1-6-8-10-12-14-16-18-19-20-21-22-23-24-25-26-27-28-29-30-31-32-33-34-35-36-37-38-39-41-43-45-47-49-51-57(61)58-55(54-65-66(62,63)64-53-52-59(3,4)5)56(60)50-48-46-44-42-40-17-15-13-11-9-7-2/h8,10,14,16,19-20,22-23,25-26,48,50,55-56,60H,6-7,9,11-13,15,17-18,21,24,27-47,49,51-54H2,1-5H3,(H-,58,61,62,63)/b10-8-,16-14-,20-19-,23-22-,26-25-,50-48+. The lowest BCUT2D eigenvalue weighted by Gasteiger charge is -2.29. The van der Waals surface area contributed by atoms with Crippen LogP contribution in [0.5, 0.6) is 0 Å². The fraction of sp³-hybridized carbons (Fsp3) is 0.772. The Balaban J connectivity index is 4.02. The number of nitrogens with zero attached hydrogens (tertiary/aromatic N) is 1. The molecular formula is C57H105N2O6P. The molecule has 0 spiro atoms. The van der Waals surface area contributed by atoms with E-state index < -0.39 is 20.0 Å². The van der Waals surface area contributed by atoms with Gasteiger partial charge in [-0.2, -0.15) is 0 Å². The molecule has 3 atom stereocenters. The Bertz CT molecular complexity index is 1300. The van der Waals surface area contributed by atoms with E-state index >= 15 is 0 Å². The minimum Gasteiger partial charge on any atom is -0.756 e. The molecule has 0 heterocycles. The molecule has 0 aliphatic carbocycles. The van der Waals surface area contributed by atoms with Crippen LogP contribution in [-0.4, -0.2) is 68.5 Å². The molecule has 1 amide bonds. The van der Waals surface area contributed by atoms with Gasteiger partial charge in [0.2, 0.25) is 5.91 Å². The number of rotatable bonds is 49. The molecule has 0 fully saturated rings. The SMILES string of the molecule is CC/C=C\C/C=C\C/C=C\C/C=C\C/C=C\CCCCCCCCCCCCCCCCCCCC(=O)NC(COP(=O)([O-])OCC[N+](C)(C)C)C(O)/C=C/CCCCCCCCCCC. The van der Waals surface area contributed by atoms with Crippen LogP contribution in [0.25, 0.3) is 0 Å². The van der Waals surface area contributed by atoms with Gasteiger partial charge in [-0.3, -0.25) is 9.36 Å². The van der Waals surface area contributed by atoms with Gasteiger partial charge in [-0.25, -0.2) is 0 Å². The Hall–Kier alpha value is -2.06. The number of phosphoric ester groups is 1. The summed E-state index contributed by atoms with van der Waals surface area (Å²) in [5, 5.41) is 13.8. The van der Waals surface area contributed by atoms with Gasteiger partial charge in [-0.1, -0.05) is 234 Å². The highest BCUT2D eigenvalue weighted by molar-refractivity contribution is 7.45. The second-order valence-corrected chi connectivity index (χ2v) is 21.0. The highest BCUT2D eigenvalue weighted by Crippen LogP contribution is 2.38. The van der Waals surface area contributed by atoms with Gasteiger partial charge in [0.05, 0.1) is 39.9 Å². The van der Waals surface area contributed by atoms with Gasteiger partial charge in [-0.15, -0.1) is 0 Å². The fourth-order valence-corrected chi connectivity index (χ4v) is 8.37. The van der Waals surface area contributed by atoms with Crippen molar-refractivity contribution in [2.24, 2.45) is 0 Å². The number of allylic oxidation sites excluding steroid dienone is 11. The zero-order valence-electron chi connectivity index (χ0n) is 43.6. The van der Waals surface area contributed by atoms with Gasteiger partial charge >= 0.3 is 0 Å². The molecule has 9 heteroatoms. The molecule has 0 rings (SSSR count). The number of quaternary nitrogens is 1. The molecule has 0 aliphatic heterocycles. The Morgan fingerprint density at radius 3 is 1.35 bits per heavy atom. The molecule has 384 valence electrons. The third kappa shape index (κ3) is 49.8. The van der Waals surface area contributed by atoms with Crippen molar-refractivity contribution in [3.05, 3.63) is 72.9 Å². The van der Waals surface area contributed by atoms with Crippen LogP contribution in [0.15, 0.2) is 72.9 Å². The molecule has 0 aliphatic rings. The van der Waals surface area contributed by atoms with E-state index in [1.165, 1.54) is 141 Å². The van der Waals surface area contributed by atoms with E-state index in [9.17, 15) is 19.4 Å². The second kappa shape index (κ2) is 48.0. The maximum absolute atomic E-state index is 12.9. The minimum atomic E-state index is -4.59. The number of likely N-dealkylation sites (N-methyl/N-ethyl adjacent to an activating group) is 1. The summed E-state index contributed by atoms with van der Waals surface area (Å²) in [4.78, 5) is 25.4. The summed E-state index contributed by atoms with van der Waals surface area (Å²) in [7, 11) is 1.26. The molecule has 2 N–H and O–H groups in total. The first kappa shape index (κ1) is 63.9. The zero-order chi connectivity index (χ0) is 48.5. The van der Waals surface area contributed by atoms with E-state index in [1.54, 1.807) is 6.08 Å². The summed E-state index contributed by atoms with van der Waals surface area (Å²) >= 11 is 0. The lowest BCUT2D eigenvalue weighted by Crippen LogP contribution is -2.45. The van der Waals surface area contributed by atoms with Gasteiger partial charge in [0.1, 0.15) is 13.2 Å². The van der Waals surface area contributed by atoms with Crippen LogP contribution in [0.1, 0.15) is 232 Å². The van der Waals surface area contributed by atoms with E-state index in [0.717, 1.165) is 70.6 Å². The van der Waals surface area contributed by atoms with Crippen molar-refractivity contribution in [3.8, 4) is 0 Å². The summed E-state index contributed by atoms with van der Waals surface area (Å²) in [5.41, 5.74) is 0. The number of carbonyl (C=O) groups excluding carboxylic acids is 1. The largest absolute Gasteiger partial charge is 0.756 e. The third-order valence-corrected chi connectivity index (χ3v) is 12.9. The first-order chi connectivity index (χ1) is 32.0. The van der Waals surface area contributed by atoms with Crippen LogP contribution >= 0.6 is 7.82 Å². The quantitative estimate of drug-likeness (QED) is 0.0272. The molecule has 0 aromatic rings. The van der Waals surface area contributed by atoms with Crippen molar-refractivity contribution in [2.45, 2.75) is 244 Å². The number of phosphoric acid groups is 1. The van der Waals surface area contributed by atoms with Crippen molar-refractivity contribution in [1.29, 1.82) is 0 Å². The van der Waals surface area contributed by atoms with Crippen LogP contribution in [0.3, 0.4) is 0 Å². The van der Waals surface area contributed by atoms with Crippen molar-refractivity contribution in [2.75, 3.05) is 40.9 Å². The van der Waals surface area contributed by atoms with Crippen LogP contribution in [0.4, 0.5) is 0 Å². The molecule has 0 aromatic heterocycles. The van der Waals surface area contributed by atoms with Crippen molar-refractivity contribution in [1.82, 2.24) is 5.32 Å². The molecule has 0 saturated carbocycles. The van der Waals surface area contributed by atoms with Gasteiger partial charge < -0.3 is 28.8 Å². The van der Waals surface area contributed by atoms with Gasteiger partial charge in [0, 0.05) is 6.42 Å². The highest BCUT2D eigenvalue weighted by atomic mass is 31.2. The van der Waals surface area contributed by atoms with E-state index in [1.807, 2.05) is 27.2 Å². The maximum Gasteiger partial charge on any atom is 0.268 e. The van der Waals surface area contributed by atoms with Crippen molar-refractivity contribution in [3.63, 3.8) is 0 Å². The van der Waals surface area contributed by atoms with Crippen LogP contribution in [0.2, 0.25) is 0 Å². The van der Waals surface area contributed by atoms with Gasteiger partial charge in [-0.05, 0) is 64.2 Å². The molecule has 0 saturated heterocycles. The lowest BCUT2D eigenvalue weighted by molar-refractivity contribution is -0.870. The average Bonchev–Trinajstić information content (AvgIpc) is 3.28. The number of nitrogens with one attached hydrogen (secondary N) is 1. The lowest BCUT2D eigenvalue weighted by atomic mass is 10.0. The van der Waals surface area contributed by atoms with Crippen molar-refractivity contribution < 1.29 is 32.9 Å². The van der Waals surface area contributed by atoms with Gasteiger partial charge in [0.15, 0.2) is 0 Å². The molecule has 8 nitrogen and oxygen atoms in total. The summed E-state index contributed by atoms with van der Waals surface area (Å²) in [6, 6.07) is -0.886. The third-order valence-electron chi connectivity index (χ3n) is 11.9. The van der Waals surface area contributed by atoms with E-state index in [2.05, 4.69) is 79.9 Å². The molecule has 0 aromatic carbocycles. The highest BCUT2D eigenvalue weighted by Gasteiger charge is 2.23. The van der Waals surface area contributed by atoms with Gasteiger partial charge in [0.25, 0.3) is 7.82 Å². The van der Waals surface area contributed by atoms with E-state index in [0.29, 0.717) is 17.4 Å². The predicted molar refractivity (Wildman–Crippen MR) is 284 cm³/mol. The van der Waals surface area contributed by atoms with Crippen LogP contribution in [-0.2, 0) is 18.4 Å². The molecular weight excluding hydrogens is 840 g/mol. The Morgan fingerprint density at radius 2 is 0.924 bits per heavy atom. The Morgan fingerprint density at radius 1 is 0.545 bits per heavy atom. The number of unbranched alkanes of at least 4 members (excludes halogenated alkanes) is 26. The second-order valence-electron chi connectivity index (χ2n) is 19.6. The first-order valence-electron chi connectivity index (χ1n) is 27.3. The molecule has 66 heavy (non-hydrogen) atoms. The summed E-state index contributed by atoms with van der Waals surface area (Å²) in [5.74, 6) is -0.199. The molecule has 3 unspecified atom stereocenters. The summed E-state index contributed by atoms with van der Waals surface area (Å²) in [6.07, 6.45) is 65.5. The Kier molecular flexibility index (Phi) is 46.5. The summed E-state index contributed by atoms with van der Waals surface area (Å²) < 4.78 is 23.2. The predicted octanol–water partition coefficient (Wildman–Crippen LogP) is 15.7. The number of aliphatic hydroxyl groups is 1. The van der Waals surface area contributed by atoms with Crippen LogP contribution in [0, 0.1) is 0 Å². The monoisotopic (exact) mass is 945 g/mol. The number of hydrogen-bond acceptors (Lipinski definition) is 6. The zero-order valence-corrected chi connectivity index (χ0v) is 44.5. The van der Waals surface area contributed by atoms with E-state index in [4.69, 9.17) is 9.05 Å². The number of aliphatic hydroxyl groups excluding tert-OH is 1. The summed E-state index contributed by atoms with van der Waals surface area (Å²) in [6.45, 7) is 4.52. The molecule has 0 bridgehead atoms. The number of amides is 1. The minimum absolute atomic E-state index is 0.00219. The maximum atomic E-state index is 12.9. The topological polar surface area (TPSA) is 108 Å². The first-order valence-corrected chi connectivity index (χ1v) is 28.8. The van der Waals surface area contributed by atoms with Crippen LogP contribution < -0.4 is 10.2 Å². The Labute approximate surface area is 408 Å². The fourth-order valence-electron chi connectivity index (χ4n) is 7.65. The number of hydrogen-bond donors (Lipinski definition) is 2.